The first-order chi connectivity index (χ1) is 10.8. The molecule has 0 aliphatic heterocycles. The van der Waals surface area contributed by atoms with Crippen LogP contribution >= 0.6 is 0 Å². The van der Waals surface area contributed by atoms with Crippen molar-refractivity contribution >= 4 is 23.2 Å². The van der Waals surface area contributed by atoms with Gasteiger partial charge in [-0.3, -0.25) is 9.59 Å². The molecule has 0 saturated heterocycles. The Bertz CT molecular complexity index is 715. The molecular weight excluding hydrogens is 309 g/mol. The SMILES string of the molecule is CN(C(=O)C(=O)Nc1ccccc1C(F)(F)F)c1ccccc1. The van der Waals surface area contributed by atoms with Gasteiger partial charge in [0, 0.05) is 12.7 Å². The second-order valence-corrected chi connectivity index (χ2v) is 4.70. The molecule has 0 radical (unpaired) electrons. The van der Waals surface area contributed by atoms with Crippen molar-refractivity contribution in [3.8, 4) is 0 Å². The van der Waals surface area contributed by atoms with Crippen LogP contribution < -0.4 is 10.2 Å². The van der Waals surface area contributed by atoms with Crippen molar-refractivity contribution < 1.29 is 22.8 Å². The highest BCUT2D eigenvalue weighted by atomic mass is 19.4. The second-order valence-electron chi connectivity index (χ2n) is 4.70. The molecule has 4 nitrogen and oxygen atoms in total. The van der Waals surface area contributed by atoms with Gasteiger partial charge >= 0.3 is 18.0 Å². The molecule has 0 spiro atoms. The van der Waals surface area contributed by atoms with Crippen molar-refractivity contribution in [3.63, 3.8) is 0 Å². The Morgan fingerprint density at radius 1 is 0.957 bits per heavy atom. The van der Waals surface area contributed by atoms with Gasteiger partial charge in [-0.1, -0.05) is 30.3 Å². The average Bonchev–Trinajstić information content (AvgIpc) is 2.53. The molecule has 0 bridgehead atoms. The summed E-state index contributed by atoms with van der Waals surface area (Å²) in [6.07, 6.45) is -4.63. The monoisotopic (exact) mass is 322 g/mol. The number of benzene rings is 2. The fourth-order valence-electron chi connectivity index (χ4n) is 1.94. The van der Waals surface area contributed by atoms with Crippen molar-refractivity contribution in [2.45, 2.75) is 6.18 Å². The molecule has 1 N–H and O–H groups in total. The van der Waals surface area contributed by atoms with E-state index in [0.717, 1.165) is 17.0 Å². The summed E-state index contributed by atoms with van der Waals surface area (Å²) in [6.45, 7) is 0. The number of nitrogens with zero attached hydrogens (tertiary/aromatic N) is 1. The molecule has 0 heterocycles. The van der Waals surface area contributed by atoms with Crippen molar-refractivity contribution in [1.29, 1.82) is 0 Å². The summed E-state index contributed by atoms with van der Waals surface area (Å²) >= 11 is 0. The third-order valence-corrected chi connectivity index (χ3v) is 3.12. The number of carbonyl (C=O) groups is 2. The van der Waals surface area contributed by atoms with Crippen LogP contribution in [0, 0.1) is 0 Å². The van der Waals surface area contributed by atoms with Gasteiger partial charge in [-0.25, -0.2) is 0 Å². The van der Waals surface area contributed by atoms with Crippen LogP contribution in [-0.4, -0.2) is 18.9 Å². The molecule has 23 heavy (non-hydrogen) atoms. The minimum Gasteiger partial charge on any atom is -0.317 e. The number of halogens is 3. The molecule has 0 aliphatic carbocycles. The smallest absolute Gasteiger partial charge is 0.317 e. The van der Waals surface area contributed by atoms with Crippen LogP contribution in [0.4, 0.5) is 24.5 Å². The number of likely N-dealkylation sites (N-methyl/N-ethyl adjacent to an activating group) is 1. The Labute approximate surface area is 130 Å². The maximum absolute atomic E-state index is 12.9. The normalized spacial score (nSPS) is 11.0. The van der Waals surface area contributed by atoms with Crippen LogP contribution in [0.1, 0.15) is 5.56 Å². The number of alkyl halides is 3. The molecule has 7 heteroatoms. The summed E-state index contributed by atoms with van der Waals surface area (Å²) in [5, 5.41) is 2.02. The van der Waals surface area contributed by atoms with Gasteiger partial charge in [-0.05, 0) is 24.3 Å². The Kier molecular flexibility index (Phi) is 4.68. The number of hydrogen-bond acceptors (Lipinski definition) is 2. The van der Waals surface area contributed by atoms with Gasteiger partial charge in [0.05, 0.1) is 11.3 Å². The van der Waals surface area contributed by atoms with Crippen molar-refractivity contribution in [1.82, 2.24) is 0 Å². The van der Waals surface area contributed by atoms with E-state index in [1.54, 1.807) is 30.3 Å². The minimum atomic E-state index is -4.63. The van der Waals surface area contributed by atoms with E-state index in [1.807, 2.05) is 5.32 Å². The topological polar surface area (TPSA) is 49.4 Å². The predicted molar refractivity (Wildman–Crippen MR) is 79.9 cm³/mol. The molecule has 2 rings (SSSR count). The Morgan fingerprint density at radius 3 is 2.13 bits per heavy atom. The summed E-state index contributed by atoms with van der Waals surface area (Å²) in [5.41, 5.74) is -1.01. The molecule has 2 aromatic carbocycles. The zero-order valence-corrected chi connectivity index (χ0v) is 12.1. The van der Waals surface area contributed by atoms with Crippen molar-refractivity contribution in [2.75, 3.05) is 17.3 Å². The average molecular weight is 322 g/mol. The first kappa shape index (κ1) is 16.5. The molecule has 0 unspecified atom stereocenters. The second kappa shape index (κ2) is 6.51. The molecule has 120 valence electrons. The molecule has 0 atom stereocenters. The van der Waals surface area contributed by atoms with Crippen LogP contribution in [0.15, 0.2) is 54.6 Å². The van der Waals surface area contributed by atoms with Gasteiger partial charge in [0.25, 0.3) is 0 Å². The molecule has 2 amide bonds. The molecule has 0 aliphatic rings. The standard InChI is InChI=1S/C16H13F3N2O2/c1-21(11-7-3-2-4-8-11)15(23)14(22)20-13-10-6-5-9-12(13)16(17,18)19/h2-10H,1H3,(H,20,22). The molecule has 0 fully saturated rings. The molecular formula is C16H13F3N2O2. The fourth-order valence-corrected chi connectivity index (χ4v) is 1.94. The van der Waals surface area contributed by atoms with Crippen molar-refractivity contribution in [3.05, 3.63) is 60.2 Å². The van der Waals surface area contributed by atoms with E-state index in [9.17, 15) is 22.8 Å². The van der Waals surface area contributed by atoms with E-state index in [1.165, 1.54) is 19.2 Å². The number of nitrogens with one attached hydrogen (secondary N) is 1. The third kappa shape index (κ3) is 3.88. The fraction of sp³-hybridized carbons (Fsp3) is 0.125. The van der Waals surface area contributed by atoms with Gasteiger partial charge in [0.2, 0.25) is 0 Å². The zero-order valence-electron chi connectivity index (χ0n) is 12.1. The number of rotatable bonds is 2. The van der Waals surface area contributed by atoms with Gasteiger partial charge in [-0.15, -0.1) is 0 Å². The summed E-state index contributed by atoms with van der Waals surface area (Å²) in [6, 6.07) is 12.8. The van der Waals surface area contributed by atoms with E-state index in [4.69, 9.17) is 0 Å². The highest BCUT2D eigenvalue weighted by Gasteiger charge is 2.34. The number of carbonyl (C=O) groups excluding carboxylic acids is 2. The van der Waals surface area contributed by atoms with Crippen LogP contribution in [0.2, 0.25) is 0 Å². The maximum Gasteiger partial charge on any atom is 0.418 e. The quantitative estimate of drug-likeness (QED) is 0.863. The van der Waals surface area contributed by atoms with E-state index in [2.05, 4.69) is 0 Å². The zero-order chi connectivity index (χ0) is 17.0. The largest absolute Gasteiger partial charge is 0.418 e. The maximum atomic E-state index is 12.9. The number of amides is 2. The Hall–Kier alpha value is -2.83. The highest BCUT2D eigenvalue weighted by Crippen LogP contribution is 2.34. The van der Waals surface area contributed by atoms with Crippen molar-refractivity contribution in [2.24, 2.45) is 0 Å². The lowest BCUT2D eigenvalue weighted by molar-refractivity contribution is -0.137. The van der Waals surface area contributed by atoms with Gasteiger partial charge in [0.15, 0.2) is 0 Å². The van der Waals surface area contributed by atoms with Crippen LogP contribution in [0.5, 0.6) is 0 Å². The number of anilines is 2. The lowest BCUT2D eigenvalue weighted by Crippen LogP contribution is -2.37. The predicted octanol–water partition coefficient (Wildman–Crippen LogP) is 3.31. The minimum absolute atomic E-state index is 0.455. The van der Waals surface area contributed by atoms with Crippen LogP contribution in [-0.2, 0) is 15.8 Å². The van der Waals surface area contributed by atoms with E-state index < -0.39 is 29.2 Å². The summed E-state index contributed by atoms with van der Waals surface area (Å²) in [5.74, 6) is -2.11. The van der Waals surface area contributed by atoms with E-state index in [-0.39, 0.29) is 0 Å². The van der Waals surface area contributed by atoms with E-state index >= 15 is 0 Å². The van der Waals surface area contributed by atoms with Gasteiger partial charge < -0.3 is 10.2 Å². The lowest BCUT2D eigenvalue weighted by Gasteiger charge is -2.18. The van der Waals surface area contributed by atoms with Crippen LogP contribution in [0.25, 0.3) is 0 Å². The van der Waals surface area contributed by atoms with Gasteiger partial charge in [-0.2, -0.15) is 13.2 Å². The Balaban J connectivity index is 2.18. The number of para-hydroxylation sites is 2. The third-order valence-electron chi connectivity index (χ3n) is 3.12. The first-order valence-electron chi connectivity index (χ1n) is 6.61. The number of hydrogen-bond donors (Lipinski definition) is 1. The molecule has 0 saturated carbocycles. The van der Waals surface area contributed by atoms with Gasteiger partial charge in [0.1, 0.15) is 0 Å². The van der Waals surface area contributed by atoms with Crippen LogP contribution in [0.3, 0.4) is 0 Å². The summed E-state index contributed by atoms with van der Waals surface area (Å²) in [4.78, 5) is 25.0. The lowest BCUT2D eigenvalue weighted by atomic mass is 10.1. The molecule has 2 aromatic rings. The first-order valence-corrected chi connectivity index (χ1v) is 6.61. The molecule has 0 aromatic heterocycles. The Morgan fingerprint density at radius 2 is 1.52 bits per heavy atom. The highest BCUT2D eigenvalue weighted by molar-refractivity contribution is 6.44. The summed E-state index contributed by atoms with van der Waals surface area (Å²) in [7, 11) is 1.37. The summed E-state index contributed by atoms with van der Waals surface area (Å²) < 4.78 is 38.6. The van der Waals surface area contributed by atoms with E-state index in [0.29, 0.717) is 5.69 Å².